The molecule has 0 heterocycles. The van der Waals surface area contributed by atoms with Crippen molar-refractivity contribution in [2.75, 3.05) is 0 Å². The van der Waals surface area contributed by atoms with Gasteiger partial charge in [0.1, 0.15) is 0 Å². The van der Waals surface area contributed by atoms with Crippen molar-refractivity contribution in [2.45, 2.75) is 118 Å². The summed E-state index contributed by atoms with van der Waals surface area (Å²) in [6.07, 6.45) is 23.4. The fourth-order valence-corrected chi connectivity index (χ4v) is 8.10. The Hall–Kier alpha value is -0.780. The molecule has 4 aliphatic rings. The topological polar surface area (TPSA) is 0 Å². The zero-order valence-electron chi connectivity index (χ0n) is 20.8. The maximum atomic E-state index is 4.43. The predicted octanol–water partition coefficient (Wildman–Crippen LogP) is 9.43. The quantitative estimate of drug-likeness (QED) is 0.410. The standard InChI is InChI=1S/C30H48/c1-22(2)10-8-18-30(20-21-30)29(6)19-16-27-26(13-9-17-28(27,29)5)15-14-25-12-7-11-23(3)24(25)4/h14-15,22-23,27H,4,7-13,16-21H2,1-3,5-6H3/b25-14-,26-15+. The van der Waals surface area contributed by atoms with Gasteiger partial charge in [0.05, 0.1) is 0 Å². The van der Waals surface area contributed by atoms with Crippen LogP contribution >= 0.6 is 0 Å². The van der Waals surface area contributed by atoms with Gasteiger partial charge in [0.2, 0.25) is 0 Å². The van der Waals surface area contributed by atoms with Crippen LogP contribution in [0.4, 0.5) is 0 Å². The van der Waals surface area contributed by atoms with Crippen molar-refractivity contribution in [3.63, 3.8) is 0 Å². The van der Waals surface area contributed by atoms with Gasteiger partial charge in [-0.05, 0) is 116 Å². The summed E-state index contributed by atoms with van der Waals surface area (Å²) < 4.78 is 0. The van der Waals surface area contributed by atoms with E-state index in [0.717, 1.165) is 11.8 Å². The van der Waals surface area contributed by atoms with E-state index in [4.69, 9.17) is 0 Å². The normalized spacial score (nSPS) is 40.9. The molecule has 0 aliphatic heterocycles. The largest absolute Gasteiger partial charge is 0.0953 e. The van der Waals surface area contributed by atoms with Crippen molar-refractivity contribution in [1.82, 2.24) is 0 Å². The highest BCUT2D eigenvalue weighted by Gasteiger charge is 2.67. The Morgan fingerprint density at radius 3 is 2.47 bits per heavy atom. The summed E-state index contributed by atoms with van der Waals surface area (Å²) in [5.74, 6) is 2.36. The molecular weight excluding hydrogens is 360 g/mol. The van der Waals surface area contributed by atoms with Gasteiger partial charge in [0.25, 0.3) is 0 Å². The lowest BCUT2D eigenvalue weighted by Crippen LogP contribution is -2.45. The van der Waals surface area contributed by atoms with Crippen LogP contribution in [0.5, 0.6) is 0 Å². The molecule has 0 N–H and O–H groups in total. The van der Waals surface area contributed by atoms with Gasteiger partial charge in [0.15, 0.2) is 0 Å². The third-order valence-electron chi connectivity index (χ3n) is 10.6. The van der Waals surface area contributed by atoms with Gasteiger partial charge < -0.3 is 0 Å². The lowest BCUT2D eigenvalue weighted by atomic mass is 9.52. The van der Waals surface area contributed by atoms with Crippen molar-refractivity contribution in [3.05, 3.63) is 35.5 Å². The Morgan fingerprint density at radius 2 is 1.77 bits per heavy atom. The molecule has 0 aromatic carbocycles. The molecule has 0 nitrogen and oxygen atoms in total. The van der Waals surface area contributed by atoms with Crippen LogP contribution in [-0.4, -0.2) is 0 Å². The molecule has 4 saturated carbocycles. The van der Waals surface area contributed by atoms with E-state index >= 15 is 0 Å². The predicted molar refractivity (Wildman–Crippen MR) is 131 cm³/mol. The first-order valence-electron chi connectivity index (χ1n) is 13.3. The van der Waals surface area contributed by atoms with E-state index in [1.807, 2.05) is 0 Å². The van der Waals surface area contributed by atoms with Gasteiger partial charge in [-0.15, -0.1) is 0 Å². The van der Waals surface area contributed by atoms with E-state index < -0.39 is 0 Å². The van der Waals surface area contributed by atoms with E-state index in [1.165, 1.54) is 89.0 Å². The number of hydrogen-bond donors (Lipinski definition) is 0. The van der Waals surface area contributed by atoms with Gasteiger partial charge in [-0.1, -0.05) is 71.8 Å². The van der Waals surface area contributed by atoms with Crippen molar-refractivity contribution in [1.29, 1.82) is 0 Å². The molecular formula is C30H48. The van der Waals surface area contributed by atoms with Crippen LogP contribution in [-0.2, 0) is 0 Å². The highest BCUT2D eigenvalue weighted by molar-refractivity contribution is 5.37. The lowest BCUT2D eigenvalue weighted by Gasteiger charge is -2.53. The molecule has 4 fully saturated rings. The van der Waals surface area contributed by atoms with E-state index in [0.29, 0.717) is 22.2 Å². The number of hydrogen-bond acceptors (Lipinski definition) is 0. The minimum absolute atomic E-state index is 0.515. The molecule has 0 aromatic heterocycles. The lowest BCUT2D eigenvalue weighted by molar-refractivity contribution is -0.0194. The summed E-state index contributed by atoms with van der Waals surface area (Å²) >= 11 is 0. The third kappa shape index (κ3) is 3.69. The summed E-state index contributed by atoms with van der Waals surface area (Å²) in [6, 6.07) is 0. The molecule has 4 unspecified atom stereocenters. The smallest absolute Gasteiger partial charge is 0.0140 e. The fraction of sp³-hybridized carbons (Fsp3) is 0.800. The molecule has 0 saturated heterocycles. The number of rotatable bonds is 6. The maximum Gasteiger partial charge on any atom is -0.0140 e. The average Bonchev–Trinajstić information content (AvgIpc) is 3.43. The van der Waals surface area contributed by atoms with Crippen LogP contribution in [0.2, 0.25) is 0 Å². The molecule has 0 radical (unpaired) electrons. The fourth-order valence-electron chi connectivity index (χ4n) is 8.10. The van der Waals surface area contributed by atoms with Crippen LogP contribution in [0.25, 0.3) is 0 Å². The summed E-state index contributed by atoms with van der Waals surface area (Å²) in [5.41, 5.74) is 6.47. The maximum absolute atomic E-state index is 4.43. The first-order chi connectivity index (χ1) is 14.2. The zero-order chi connectivity index (χ0) is 21.6. The van der Waals surface area contributed by atoms with E-state index in [-0.39, 0.29) is 0 Å². The molecule has 4 atom stereocenters. The molecule has 4 aliphatic carbocycles. The third-order valence-corrected chi connectivity index (χ3v) is 10.6. The Labute approximate surface area is 187 Å². The molecule has 0 spiro atoms. The van der Waals surface area contributed by atoms with Crippen LogP contribution in [0, 0.1) is 34.0 Å². The molecule has 168 valence electrons. The van der Waals surface area contributed by atoms with Crippen LogP contribution < -0.4 is 0 Å². The number of allylic oxidation sites excluding steroid dienone is 5. The van der Waals surface area contributed by atoms with Gasteiger partial charge in [-0.2, -0.15) is 0 Å². The molecule has 30 heavy (non-hydrogen) atoms. The van der Waals surface area contributed by atoms with Gasteiger partial charge in [0, 0.05) is 0 Å². The summed E-state index contributed by atoms with van der Waals surface area (Å²) in [6.45, 7) is 17.0. The molecule has 4 rings (SSSR count). The van der Waals surface area contributed by atoms with E-state index in [1.54, 1.807) is 11.1 Å². The zero-order valence-corrected chi connectivity index (χ0v) is 20.8. The minimum Gasteiger partial charge on any atom is -0.0953 e. The van der Waals surface area contributed by atoms with Gasteiger partial charge >= 0.3 is 0 Å². The van der Waals surface area contributed by atoms with Crippen molar-refractivity contribution < 1.29 is 0 Å². The van der Waals surface area contributed by atoms with Crippen LogP contribution in [0.1, 0.15) is 118 Å². The first kappa shape index (κ1) is 22.4. The molecule has 0 heteroatoms. The highest BCUT2D eigenvalue weighted by Crippen LogP contribution is 2.76. The summed E-state index contributed by atoms with van der Waals surface area (Å²) in [5, 5.41) is 0. The first-order valence-corrected chi connectivity index (χ1v) is 13.3. The Kier molecular flexibility index (Phi) is 6.19. The summed E-state index contributed by atoms with van der Waals surface area (Å²) in [7, 11) is 0. The second-order valence-corrected chi connectivity index (χ2v) is 12.5. The van der Waals surface area contributed by atoms with Crippen LogP contribution in [0.15, 0.2) is 35.5 Å². The Morgan fingerprint density at radius 1 is 1.00 bits per heavy atom. The van der Waals surface area contributed by atoms with E-state index in [2.05, 4.69) is 53.3 Å². The van der Waals surface area contributed by atoms with Gasteiger partial charge in [-0.25, -0.2) is 0 Å². The monoisotopic (exact) mass is 408 g/mol. The van der Waals surface area contributed by atoms with Crippen molar-refractivity contribution in [3.8, 4) is 0 Å². The Bertz CT molecular complexity index is 714. The minimum atomic E-state index is 0.515. The van der Waals surface area contributed by atoms with Gasteiger partial charge in [-0.3, -0.25) is 0 Å². The number of fused-ring (bicyclic) bond motifs is 1. The second kappa shape index (κ2) is 8.29. The SMILES string of the molecule is C=C1/C(=C\C=C2/CCCC3(C)C2CCC3(C)C2(CCCC(C)C)CC2)CCCC1C. The second-order valence-electron chi connectivity index (χ2n) is 12.5. The van der Waals surface area contributed by atoms with Crippen molar-refractivity contribution >= 4 is 0 Å². The Balaban J connectivity index is 1.54. The average molecular weight is 409 g/mol. The van der Waals surface area contributed by atoms with Crippen LogP contribution in [0.3, 0.4) is 0 Å². The molecule has 0 bridgehead atoms. The van der Waals surface area contributed by atoms with Crippen molar-refractivity contribution in [2.24, 2.45) is 34.0 Å². The summed E-state index contributed by atoms with van der Waals surface area (Å²) in [4.78, 5) is 0. The molecule has 0 amide bonds. The van der Waals surface area contributed by atoms with E-state index in [9.17, 15) is 0 Å². The molecule has 0 aromatic rings. The highest BCUT2D eigenvalue weighted by atomic mass is 14.7.